The Morgan fingerprint density at radius 3 is 2.73 bits per heavy atom. The van der Waals surface area contributed by atoms with E-state index in [0.29, 0.717) is 0 Å². The van der Waals surface area contributed by atoms with Crippen molar-refractivity contribution >= 4 is 5.97 Å². The molecule has 0 aliphatic rings. The van der Waals surface area contributed by atoms with Crippen molar-refractivity contribution in [2.45, 2.75) is 6.42 Å². The van der Waals surface area contributed by atoms with Crippen LogP contribution in [0.2, 0.25) is 0 Å². The van der Waals surface area contributed by atoms with Crippen molar-refractivity contribution < 1.29 is 9.53 Å². The predicted octanol–water partition coefficient (Wildman–Crippen LogP) is 1.49. The largest absolute Gasteiger partial charge is 0.452 e. The first-order chi connectivity index (χ1) is 7.33. The van der Waals surface area contributed by atoms with Crippen molar-refractivity contribution in [3.8, 4) is 17.9 Å². The van der Waals surface area contributed by atoms with E-state index in [0.717, 1.165) is 5.56 Å². The van der Waals surface area contributed by atoms with Gasteiger partial charge in [-0.1, -0.05) is 30.0 Å². The third kappa shape index (κ3) is 4.50. The van der Waals surface area contributed by atoms with Gasteiger partial charge in [-0.15, -0.1) is 0 Å². The summed E-state index contributed by atoms with van der Waals surface area (Å²) < 4.78 is 4.67. The average molecular weight is 199 g/mol. The monoisotopic (exact) mass is 199 g/mol. The maximum absolute atomic E-state index is 10.7. The maximum atomic E-state index is 10.7. The fourth-order valence-corrected chi connectivity index (χ4v) is 0.892. The molecule has 0 unspecified atom stereocenters. The first kappa shape index (κ1) is 10.8. The molecule has 15 heavy (non-hydrogen) atoms. The molecule has 0 aliphatic carbocycles. The molecule has 0 aromatic heterocycles. The van der Waals surface area contributed by atoms with Crippen LogP contribution in [0.3, 0.4) is 0 Å². The number of ether oxygens (including phenoxy) is 1. The number of hydrogen-bond donors (Lipinski definition) is 0. The Balaban J connectivity index is 2.36. The van der Waals surface area contributed by atoms with Crippen molar-refractivity contribution in [2.75, 3.05) is 6.61 Å². The second-order valence-corrected chi connectivity index (χ2v) is 2.66. The number of hydrogen-bond acceptors (Lipinski definition) is 3. The third-order valence-corrected chi connectivity index (χ3v) is 1.54. The number of nitriles is 1. The van der Waals surface area contributed by atoms with Crippen LogP contribution >= 0.6 is 0 Å². The van der Waals surface area contributed by atoms with Gasteiger partial charge in [0.25, 0.3) is 0 Å². The summed E-state index contributed by atoms with van der Waals surface area (Å²) in [6.45, 7) is 0.0232. The number of rotatable bonds is 2. The molecule has 0 spiro atoms. The molecule has 0 saturated heterocycles. The topological polar surface area (TPSA) is 50.1 Å². The van der Waals surface area contributed by atoms with Crippen LogP contribution < -0.4 is 0 Å². The SMILES string of the molecule is N#CCC(=O)OCC#Cc1ccccc1. The van der Waals surface area contributed by atoms with Crippen LogP contribution in [0.5, 0.6) is 0 Å². The lowest BCUT2D eigenvalue weighted by molar-refractivity contribution is -0.140. The Bertz CT molecular complexity index is 420. The first-order valence-electron chi connectivity index (χ1n) is 4.39. The molecule has 0 atom stereocenters. The smallest absolute Gasteiger partial charge is 0.321 e. The summed E-state index contributed by atoms with van der Waals surface area (Å²) in [6.07, 6.45) is -0.229. The normalized spacial score (nSPS) is 8.20. The van der Waals surface area contributed by atoms with Gasteiger partial charge in [0.15, 0.2) is 6.61 Å². The summed E-state index contributed by atoms with van der Waals surface area (Å²) in [4.78, 5) is 10.7. The van der Waals surface area contributed by atoms with E-state index in [-0.39, 0.29) is 13.0 Å². The van der Waals surface area contributed by atoms with Crippen LogP contribution in [0.25, 0.3) is 0 Å². The molecule has 0 saturated carbocycles. The molecule has 0 fully saturated rings. The molecule has 0 heterocycles. The standard InChI is InChI=1S/C12H9NO2/c13-9-8-12(14)15-10-4-7-11-5-2-1-3-6-11/h1-3,5-6H,8,10H2. The minimum atomic E-state index is -0.542. The molecule has 0 N–H and O–H groups in total. The minimum absolute atomic E-state index is 0.0232. The van der Waals surface area contributed by atoms with Crippen LogP contribution in [-0.4, -0.2) is 12.6 Å². The molecule has 1 aromatic carbocycles. The quantitative estimate of drug-likeness (QED) is 0.535. The molecular formula is C12H9NO2. The zero-order valence-electron chi connectivity index (χ0n) is 8.06. The van der Waals surface area contributed by atoms with E-state index in [9.17, 15) is 4.79 Å². The highest BCUT2D eigenvalue weighted by molar-refractivity contribution is 5.71. The third-order valence-electron chi connectivity index (χ3n) is 1.54. The van der Waals surface area contributed by atoms with Crippen LogP contribution in [-0.2, 0) is 9.53 Å². The second kappa shape index (κ2) is 6.23. The highest BCUT2D eigenvalue weighted by Gasteiger charge is 1.97. The molecule has 0 radical (unpaired) electrons. The fourth-order valence-electron chi connectivity index (χ4n) is 0.892. The van der Waals surface area contributed by atoms with Crippen molar-refractivity contribution in [2.24, 2.45) is 0 Å². The Morgan fingerprint density at radius 1 is 1.33 bits per heavy atom. The number of nitrogens with zero attached hydrogens (tertiary/aromatic N) is 1. The zero-order valence-corrected chi connectivity index (χ0v) is 8.06. The van der Waals surface area contributed by atoms with Gasteiger partial charge < -0.3 is 4.74 Å². The van der Waals surface area contributed by atoms with Gasteiger partial charge in [0, 0.05) is 5.56 Å². The lowest BCUT2D eigenvalue weighted by Crippen LogP contribution is -2.02. The predicted molar refractivity (Wildman–Crippen MR) is 54.5 cm³/mol. The summed E-state index contributed by atoms with van der Waals surface area (Å²) in [7, 11) is 0. The lowest BCUT2D eigenvalue weighted by Gasteiger charge is -1.93. The number of carbonyl (C=O) groups is 1. The summed E-state index contributed by atoms with van der Waals surface area (Å²) in [5, 5.41) is 8.18. The van der Waals surface area contributed by atoms with Gasteiger partial charge in [-0.3, -0.25) is 4.79 Å². The van der Waals surface area contributed by atoms with Gasteiger partial charge in [-0.25, -0.2) is 0 Å². The molecular weight excluding hydrogens is 190 g/mol. The zero-order chi connectivity index (χ0) is 10.9. The lowest BCUT2D eigenvalue weighted by atomic mass is 10.2. The van der Waals surface area contributed by atoms with Crippen LogP contribution in [0, 0.1) is 23.2 Å². The summed E-state index contributed by atoms with van der Waals surface area (Å²) in [5.41, 5.74) is 0.869. The number of carbonyl (C=O) groups excluding carboxylic acids is 1. The van der Waals surface area contributed by atoms with Gasteiger partial charge in [0.1, 0.15) is 6.42 Å². The van der Waals surface area contributed by atoms with Crippen molar-refractivity contribution in [1.29, 1.82) is 5.26 Å². The fraction of sp³-hybridized carbons (Fsp3) is 0.167. The van der Waals surface area contributed by atoms with Crippen LogP contribution in [0.15, 0.2) is 30.3 Å². The summed E-state index contributed by atoms with van der Waals surface area (Å²) >= 11 is 0. The van der Waals surface area contributed by atoms with E-state index in [1.54, 1.807) is 6.07 Å². The van der Waals surface area contributed by atoms with Crippen molar-refractivity contribution in [1.82, 2.24) is 0 Å². The van der Waals surface area contributed by atoms with Gasteiger partial charge >= 0.3 is 5.97 Å². The molecule has 0 aliphatic heterocycles. The van der Waals surface area contributed by atoms with Crippen LogP contribution in [0.1, 0.15) is 12.0 Å². The molecule has 3 nitrogen and oxygen atoms in total. The van der Waals surface area contributed by atoms with Gasteiger partial charge in [-0.05, 0) is 12.1 Å². The highest BCUT2D eigenvalue weighted by atomic mass is 16.5. The number of benzene rings is 1. The van der Waals surface area contributed by atoms with Crippen LogP contribution in [0.4, 0.5) is 0 Å². The molecule has 1 rings (SSSR count). The van der Waals surface area contributed by atoms with Crippen molar-refractivity contribution in [3.05, 3.63) is 35.9 Å². The van der Waals surface area contributed by atoms with Crippen molar-refractivity contribution in [3.63, 3.8) is 0 Å². The Morgan fingerprint density at radius 2 is 2.07 bits per heavy atom. The number of esters is 1. The molecule has 3 heteroatoms. The van der Waals surface area contributed by atoms with E-state index in [2.05, 4.69) is 16.6 Å². The first-order valence-corrected chi connectivity index (χ1v) is 4.39. The Labute approximate surface area is 88.3 Å². The van der Waals surface area contributed by atoms with E-state index in [4.69, 9.17) is 5.26 Å². The van der Waals surface area contributed by atoms with Gasteiger partial charge in [0.2, 0.25) is 0 Å². The summed E-state index contributed by atoms with van der Waals surface area (Å²) in [6, 6.07) is 11.1. The molecule has 0 amide bonds. The Kier molecular flexibility index (Phi) is 4.50. The average Bonchev–Trinajstić information content (AvgIpc) is 2.26. The molecule has 74 valence electrons. The van der Waals surface area contributed by atoms with E-state index in [1.165, 1.54) is 0 Å². The van der Waals surface area contributed by atoms with E-state index >= 15 is 0 Å². The molecule has 1 aromatic rings. The Hall–Kier alpha value is -2.26. The minimum Gasteiger partial charge on any atom is -0.452 e. The van der Waals surface area contributed by atoms with Gasteiger partial charge in [-0.2, -0.15) is 5.26 Å². The van der Waals surface area contributed by atoms with E-state index < -0.39 is 5.97 Å². The van der Waals surface area contributed by atoms with Gasteiger partial charge in [0.05, 0.1) is 6.07 Å². The van der Waals surface area contributed by atoms with E-state index in [1.807, 2.05) is 30.3 Å². The second-order valence-electron chi connectivity index (χ2n) is 2.66. The maximum Gasteiger partial charge on any atom is 0.321 e. The highest BCUT2D eigenvalue weighted by Crippen LogP contribution is 1.94. The molecule has 0 bridgehead atoms. The summed E-state index contributed by atoms with van der Waals surface area (Å²) in [5.74, 6) is 4.98.